The Morgan fingerprint density at radius 3 is 1.04 bits per heavy atom. The highest BCUT2D eigenvalue weighted by Gasteiger charge is 2.28. The summed E-state index contributed by atoms with van der Waals surface area (Å²) >= 11 is 8.71. The molecule has 0 atom stereocenters. The van der Waals surface area contributed by atoms with E-state index < -0.39 is 87.6 Å². The van der Waals surface area contributed by atoms with Crippen molar-refractivity contribution in [3.63, 3.8) is 0 Å². The predicted molar refractivity (Wildman–Crippen MR) is 449 cm³/mol. The van der Waals surface area contributed by atoms with E-state index >= 15 is 0 Å². The molecular formula is C85H56F5I4O25-. The SMILES string of the molecule is Cc1ccc(Oc2cc(Oc3ccc(I)cc3)cc(C(=O)[O-])c2)cc1.O=C(O)c1c(O)cccc1Oc1ccc(I)cc1.O=C(O)c1cc(Oc2ccc(I)cc2)ccc1O.O=C(O)c1ccc(Oc2c(F)c(F)c(O)c(F)c2F)cc1O.O=C(O)c1ccc(Oc2ccc(F)cc2)cc1O.O=C(O)c1cccc(Oc2ccc(I)cc2)c1O. The fourth-order valence-corrected chi connectivity index (χ4v) is 10.8. The smallest absolute Gasteiger partial charge is 0.343 e. The van der Waals surface area contributed by atoms with Crippen molar-refractivity contribution in [2.75, 3.05) is 0 Å². The van der Waals surface area contributed by atoms with Crippen molar-refractivity contribution in [2.24, 2.45) is 0 Å². The van der Waals surface area contributed by atoms with Gasteiger partial charge < -0.3 is 99.2 Å². The second-order valence-corrected chi connectivity index (χ2v) is 28.6. The number of aromatic carboxylic acids is 6. The summed E-state index contributed by atoms with van der Waals surface area (Å²) < 4.78 is 108. The van der Waals surface area contributed by atoms with Gasteiger partial charge in [0.15, 0.2) is 17.2 Å². The molecule has 0 fully saturated rings. The van der Waals surface area contributed by atoms with Crippen LogP contribution in [0.4, 0.5) is 22.0 Å². The zero-order valence-electron chi connectivity index (χ0n) is 60.3. The summed E-state index contributed by atoms with van der Waals surface area (Å²) in [5.74, 6) is -17.1. The molecule has 11 N–H and O–H groups in total. The van der Waals surface area contributed by atoms with Crippen molar-refractivity contribution in [1.82, 2.24) is 0 Å². The molecule has 0 aromatic heterocycles. The summed E-state index contributed by atoms with van der Waals surface area (Å²) in [7, 11) is 0. The minimum absolute atomic E-state index is 0.00915. The Balaban J connectivity index is 0.000000179. The summed E-state index contributed by atoms with van der Waals surface area (Å²) in [5, 5.41) is 112. The van der Waals surface area contributed by atoms with Crippen molar-refractivity contribution in [1.29, 1.82) is 0 Å². The zero-order chi connectivity index (χ0) is 86.9. The highest BCUT2D eigenvalue weighted by Crippen LogP contribution is 2.40. The van der Waals surface area contributed by atoms with Crippen molar-refractivity contribution < 1.29 is 145 Å². The van der Waals surface area contributed by atoms with Crippen molar-refractivity contribution in [3.05, 3.63) is 337 Å². The lowest BCUT2D eigenvalue weighted by molar-refractivity contribution is -0.255. The number of carboxylic acid groups (broad SMARTS) is 6. The van der Waals surface area contributed by atoms with Crippen LogP contribution in [-0.2, 0) is 0 Å². The maximum atomic E-state index is 13.5. The molecule has 0 saturated carbocycles. The third kappa shape index (κ3) is 27.1. The molecule has 13 rings (SSSR count). The van der Waals surface area contributed by atoms with Crippen molar-refractivity contribution >= 4 is 126 Å². The van der Waals surface area contributed by atoms with Gasteiger partial charge in [-0.2, -0.15) is 17.6 Å². The first-order valence-electron chi connectivity index (χ1n) is 33.3. The highest BCUT2D eigenvalue weighted by molar-refractivity contribution is 14.1. The van der Waals surface area contributed by atoms with Gasteiger partial charge in [0.05, 0.1) is 5.97 Å². The molecule has 0 spiro atoms. The molecule has 0 bridgehead atoms. The maximum Gasteiger partial charge on any atom is 0.343 e. The first-order chi connectivity index (χ1) is 56.5. The van der Waals surface area contributed by atoms with E-state index in [1.54, 1.807) is 42.5 Å². The second kappa shape index (κ2) is 43.0. The van der Waals surface area contributed by atoms with Crippen molar-refractivity contribution in [2.45, 2.75) is 6.92 Å². The number of ether oxygens (including phenoxy) is 7. The molecule has 119 heavy (non-hydrogen) atoms. The number of hydrogen-bond acceptors (Lipinski definition) is 20. The normalized spacial score (nSPS) is 10.2. The molecule has 0 aliphatic carbocycles. The maximum absolute atomic E-state index is 13.5. The molecular weight excluding hydrogens is 2020 g/mol. The minimum atomic E-state index is -2.06. The van der Waals surface area contributed by atoms with Gasteiger partial charge in [-0.15, -0.1) is 0 Å². The van der Waals surface area contributed by atoms with Crippen LogP contribution in [-0.4, -0.2) is 92.0 Å². The van der Waals surface area contributed by atoms with Crippen LogP contribution in [0.1, 0.15) is 67.7 Å². The van der Waals surface area contributed by atoms with Crippen LogP contribution in [0, 0.1) is 50.3 Å². The van der Waals surface area contributed by atoms with Gasteiger partial charge in [-0.1, -0.05) is 29.8 Å². The van der Waals surface area contributed by atoms with E-state index in [0.29, 0.717) is 57.8 Å². The van der Waals surface area contributed by atoms with Gasteiger partial charge >= 0.3 is 29.8 Å². The van der Waals surface area contributed by atoms with Gasteiger partial charge in [0.25, 0.3) is 0 Å². The molecule has 610 valence electrons. The molecule has 13 aromatic rings. The number of carboxylic acids is 6. The average Bonchev–Trinajstić information content (AvgIpc) is 0.787. The van der Waals surface area contributed by atoms with E-state index in [1.807, 2.05) is 91.9 Å². The van der Waals surface area contributed by atoms with Crippen LogP contribution in [0.2, 0.25) is 0 Å². The van der Waals surface area contributed by atoms with Crippen LogP contribution < -0.4 is 38.3 Å². The summed E-state index contributed by atoms with van der Waals surface area (Å²) in [6, 6.07) is 65.5. The Morgan fingerprint density at radius 1 is 0.294 bits per heavy atom. The van der Waals surface area contributed by atoms with Gasteiger partial charge in [-0.05, 0) is 310 Å². The summed E-state index contributed by atoms with van der Waals surface area (Å²) in [6.07, 6.45) is 0. The number of carbonyl (C=O) groups is 6. The molecule has 0 aliphatic rings. The molecule has 0 amide bonds. The minimum Gasteiger partial charge on any atom is -0.545 e. The van der Waals surface area contributed by atoms with E-state index in [0.717, 1.165) is 32.0 Å². The monoisotopic (exact) mass is 2080 g/mol. The fourth-order valence-electron chi connectivity index (χ4n) is 9.39. The van der Waals surface area contributed by atoms with Gasteiger partial charge in [-0.25, -0.2) is 28.4 Å². The average molecular weight is 2080 g/mol. The lowest BCUT2D eigenvalue weighted by atomic mass is 10.2. The Morgan fingerprint density at radius 2 is 0.639 bits per heavy atom. The number of rotatable bonds is 20. The van der Waals surface area contributed by atoms with Crippen LogP contribution in [0.25, 0.3) is 0 Å². The molecule has 13 aromatic carbocycles. The zero-order valence-corrected chi connectivity index (χ0v) is 68.9. The number of halogens is 9. The van der Waals surface area contributed by atoms with Crippen molar-refractivity contribution in [3.8, 4) is 115 Å². The van der Waals surface area contributed by atoms with E-state index in [1.165, 1.54) is 109 Å². The molecule has 0 heterocycles. The number of hydrogen-bond donors (Lipinski definition) is 11. The van der Waals surface area contributed by atoms with Gasteiger partial charge in [0, 0.05) is 38.0 Å². The number of phenols is 6. The van der Waals surface area contributed by atoms with Gasteiger partial charge in [0.1, 0.15) is 126 Å². The number of phenolic OH excluding ortho intramolecular Hbond substituents is 1. The first-order valence-corrected chi connectivity index (χ1v) is 37.6. The number of para-hydroxylation sites is 1. The molecule has 0 aliphatic heterocycles. The molecule has 0 radical (unpaired) electrons. The van der Waals surface area contributed by atoms with Crippen LogP contribution in [0.5, 0.6) is 115 Å². The van der Waals surface area contributed by atoms with Crippen LogP contribution >= 0.6 is 90.4 Å². The van der Waals surface area contributed by atoms with E-state index in [9.17, 15) is 81.4 Å². The number of carbonyl (C=O) groups excluding carboxylic acids is 1. The topological polar surface area (TPSA) is 413 Å². The second-order valence-electron chi connectivity index (χ2n) is 23.6. The van der Waals surface area contributed by atoms with E-state index in [-0.39, 0.29) is 73.9 Å². The third-order valence-electron chi connectivity index (χ3n) is 15.1. The Hall–Kier alpha value is -13.4. The standard InChI is InChI=1S/C20H15IO4.C13H6F4O5.C13H9FO4.3C13H9IO4/c1-13-2-6-16(7-3-13)24-18-10-14(20(22)23)11-19(12-18)25-17-8-4-15(21)5-9-17;14-7-9(16)12(10(17)8(15)11(7)19)22-4-1-2-5(13(20)21)6(18)3-4;14-8-1-3-9(4-2-8)18-10-5-6-11(13(16)17)12(15)7-10;14-8-1-3-9(4-2-8)18-10-5-6-12(15)11(7-10)13(16)17;14-8-4-6-9(7-5-8)18-11-3-1-2-10(15)12(11)13(16)17;14-8-4-6-9(7-5-8)18-11-3-1-2-10(12(11)15)13(16)17/h2-12H,1H3,(H,22,23);1-3,18-19H,(H,20,21);4*1-7,15H,(H,16,17)/p-1. The highest BCUT2D eigenvalue weighted by atomic mass is 127. The molecule has 0 saturated heterocycles. The molecule has 0 unspecified atom stereocenters. The summed E-state index contributed by atoms with van der Waals surface area (Å²) in [5.41, 5.74) is -0.228. The van der Waals surface area contributed by atoms with E-state index in [4.69, 9.17) is 59.1 Å². The van der Waals surface area contributed by atoms with Gasteiger partial charge in [0.2, 0.25) is 29.0 Å². The number of benzene rings is 13. The number of aromatic hydroxyl groups is 6. The summed E-state index contributed by atoms with van der Waals surface area (Å²) in [6.45, 7) is 1.98. The third-order valence-corrected chi connectivity index (χ3v) is 17.9. The van der Waals surface area contributed by atoms with Crippen LogP contribution in [0.3, 0.4) is 0 Å². The lowest BCUT2D eigenvalue weighted by Crippen LogP contribution is -2.22. The van der Waals surface area contributed by atoms with E-state index in [2.05, 4.69) is 95.1 Å². The lowest BCUT2D eigenvalue weighted by Gasteiger charge is -2.13. The largest absolute Gasteiger partial charge is 0.545 e. The van der Waals surface area contributed by atoms with Gasteiger partial charge in [-0.3, -0.25) is 0 Å². The molecule has 25 nitrogen and oxygen atoms in total. The quantitative estimate of drug-likeness (QED) is 0.0192. The Bertz CT molecular complexity index is 5710. The predicted octanol–water partition coefficient (Wildman–Crippen LogP) is 21.2. The Labute approximate surface area is 724 Å². The first kappa shape index (κ1) is 91.2. The van der Waals surface area contributed by atoms with Crippen LogP contribution in [0.15, 0.2) is 255 Å². The fraction of sp³-hybridized carbons (Fsp3) is 0.0118. The summed E-state index contributed by atoms with van der Waals surface area (Å²) in [4.78, 5) is 65.4. The Kier molecular flexibility index (Phi) is 33.0. The molecule has 34 heteroatoms. The number of aryl methyl sites for hydroxylation is 1.